The third-order valence-corrected chi connectivity index (χ3v) is 4.39. The van der Waals surface area contributed by atoms with E-state index >= 15 is 0 Å². The number of rotatable bonds is 4. The summed E-state index contributed by atoms with van der Waals surface area (Å²) in [5.41, 5.74) is -0.670. The summed E-state index contributed by atoms with van der Waals surface area (Å²) in [5, 5.41) is 9.37. The number of urea groups is 1. The normalized spacial score (nSPS) is 17.5. The van der Waals surface area contributed by atoms with E-state index < -0.39 is 11.4 Å². The van der Waals surface area contributed by atoms with Gasteiger partial charge in [-0.15, -0.1) is 0 Å². The molecule has 2 heterocycles. The van der Waals surface area contributed by atoms with Crippen LogP contribution in [-0.2, 0) is 11.3 Å². The van der Waals surface area contributed by atoms with Gasteiger partial charge in [0.1, 0.15) is 5.82 Å². The molecule has 0 aromatic carbocycles. The summed E-state index contributed by atoms with van der Waals surface area (Å²) in [4.78, 5) is 34.1. The van der Waals surface area contributed by atoms with Crippen molar-refractivity contribution < 1.29 is 14.7 Å². The van der Waals surface area contributed by atoms with E-state index in [0.717, 1.165) is 5.82 Å². The molecule has 1 aromatic rings. The quantitative estimate of drug-likeness (QED) is 0.881. The Balaban J connectivity index is 1.92. The summed E-state index contributed by atoms with van der Waals surface area (Å²) < 4.78 is 0. The van der Waals surface area contributed by atoms with Gasteiger partial charge in [-0.1, -0.05) is 6.92 Å². The number of piperidine rings is 1. The first-order valence-electron chi connectivity index (χ1n) is 7.20. The summed E-state index contributed by atoms with van der Waals surface area (Å²) in [6, 6.07) is -0.0820. The number of carboxylic acid groups (broad SMARTS) is 1. The number of imidazole rings is 1. The number of hydrogen-bond acceptors (Lipinski definition) is 3. The number of likely N-dealkylation sites (tertiary alicyclic amines) is 1. The molecule has 0 aliphatic carbocycles. The number of carbonyl (C=O) groups is 2. The van der Waals surface area contributed by atoms with Gasteiger partial charge in [0.05, 0.1) is 12.0 Å². The molecule has 7 nitrogen and oxygen atoms in total. The standard InChI is InChI=1S/C14H22N4O3/c1-3-14(12(19)20)4-8-18(9-5-14)13(21)17(2)10-11-15-6-7-16-11/h6-7H,3-5,8-10H2,1-2H3,(H,15,16)(H,19,20). The van der Waals surface area contributed by atoms with Gasteiger partial charge in [-0.3, -0.25) is 4.79 Å². The van der Waals surface area contributed by atoms with Gasteiger partial charge in [0.2, 0.25) is 0 Å². The highest BCUT2D eigenvalue weighted by Crippen LogP contribution is 2.35. The van der Waals surface area contributed by atoms with Crippen molar-refractivity contribution in [2.75, 3.05) is 20.1 Å². The zero-order chi connectivity index (χ0) is 15.5. The highest BCUT2D eigenvalue weighted by atomic mass is 16.4. The minimum atomic E-state index is -0.749. The number of hydrogen-bond donors (Lipinski definition) is 2. The number of aromatic nitrogens is 2. The average Bonchev–Trinajstić information content (AvgIpc) is 2.99. The van der Waals surface area contributed by atoms with Gasteiger partial charge in [-0.2, -0.15) is 0 Å². The fraction of sp³-hybridized carbons (Fsp3) is 0.643. The molecule has 0 radical (unpaired) electrons. The number of nitrogens with zero attached hydrogens (tertiary/aromatic N) is 3. The van der Waals surface area contributed by atoms with E-state index in [0.29, 0.717) is 38.9 Å². The van der Waals surface area contributed by atoms with Crippen LogP contribution in [0.4, 0.5) is 4.79 Å². The van der Waals surface area contributed by atoms with E-state index in [2.05, 4.69) is 9.97 Å². The number of H-pyrrole nitrogens is 1. The first-order chi connectivity index (χ1) is 9.98. The van der Waals surface area contributed by atoms with Crippen LogP contribution in [0.1, 0.15) is 32.0 Å². The Labute approximate surface area is 124 Å². The topological polar surface area (TPSA) is 89.5 Å². The number of aromatic amines is 1. The smallest absolute Gasteiger partial charge is 0.320 e. The van der Waals surface area contributed by atoms with Crippen LogP contribution in [0.25, 0.3) is 0 Å². The van der Waals surface area contributed by atoms with Crippen LogP contribution in [0.2, 0.25) is 0 Å². The van der Waals surface area contributed by atoms with Crippen molar-refractivity contribution in [3.8, 4) is 0 Å². The molecule has 0 bridgehead atoms. The van der Waals surface area contributed by atoms with Crippen LogP contribution < -0.4 is 0 Å². The third-order valence-electron chi connectivity index (χ3n) is 4.39. The Kier molecular flexibility index (Phi) is 4.50. The zero-order valence-corrected chi connectivity index (χ0v) is 12.5. The van der Waals surface area contributed by atoms with Crippen LogP contribution in [0, 0.1) is 5.41 Å². The van der Waals surface area contributed by atoms with Crippen LogP contribution >= 0.6 is 0 Å². The molecule has 1 fully saturated rings. The molecule has 1 aromatic heterocycles. The second kappa shape index (κ2) is 6.15. The van der Waals surface area contributed by atoms with Crippen LogP contribution in [0.3, 0.4) is 0 Å². The Morgan fingerprint density at radius 3 is 2.62 bits per heavy atom. The Hall–Kier alpha value is -2.05. The lowest BCUT2D eigenvalue weighted by Crippen LogP contribution is -2.49. The molecule has 0 unspecified atom stereocenters. The number of aliphatic carboxylic acids is 1. The number of amides is 2. The minimum Gasteiger partial charge on any atom is -0.481 e. The maximum absolute atomic E-state index is 12.4. The van der Waals surface area contributed by atoms with Crippen LogP contribution in [0.15, 0.2) is 12.4 Å². The monoisotopic (exact) mass is 294 g/mol. The highest BCUT2D eigenvalue weighted by Gasteiger charge is 2.41. The Morgan fingerprint density at radius 2 is 2.14 bits per heavy atom. The van der Waals surface area contributed by atoms with E-state index in [4.69, 9.17) is 0 Å². The largest absolute Gasteiger partial charge is 0.481 e. The summed E-state index contributed by atoms with van der Waals surface area (Å²) >= 11 is 0. The first-order valence-corrected chi connectivity index (χ1v) is 7.20. The van der Waals surface area contributed by atoms with Crippen molar-refractivity contribution >= 4 is 12.0 Å². The SMILES string of the molecule is CCC1(C(=O)O)CCN(C(=O)N(C)Cc2ncc[nH]2)CC1. The zero-order valence-electron chi connectivity index (χ0n) is 12.5. The number of nitrogens with one attached hydrogen (secondary N) is 1. The van der Waals surface area contributed by atoms with E-state index in [1.807, 2.05) is 6.92 Å². The average molecular weight is 294 g/mol. The molecule has 1 aliphatic rings. The van der Waals surface area contributed by atoms with Crippen molar-refractivity contribution in [1.82, 2.24) is 19.8 Å². The molecule has 0 spiro atoms. The maximum Gasteiger partial charge on any atom is 0.320 e. The fourth-order valence-corrected chi connectivity index (χ4v) is 2.76. The predicted octanol–water partition coefficient (Wildman–Crippen LogP) is 1.54. The molecule has 21 heavy (non-hydrogen) atoms. The van der Waals surface area contributed by atoms with Crippen molar-refractivity contribution in [3.63, 3.8) is 0 Å². The summed E-state index contributed by atoms with van der Waals surface area (Å²) in [6.45, 7) is 3.29. The van der Waals surface area contributed by atoms with Gasteiger partial charge in [-0.25, -0.2) is 9.78 Å². The maximum atomic E-state index is 12.4. The van der Waals surface area contributed by atoms with Gasteiger partial charge in [0.15, 0.2) is 0 Å². The van der Waals surface area contributed by atoms with Crippen molar-refractivity contribution in [2.24, 2.45) is 5.41 Å². The number of carbonyl (C=O) groups excluding carboxylic acids is 1. The van der Waals surface area contributed by atoms with Crippen LogP contribution in [-0.4, -0.2) is 57.0 Å². The molecule has 1 saturated heterocycles. The lowest BCUT2D eigenvalue weighted by molar-refractivity contribution is -0.152. The van der Waals surface area contributed by atoms with Crippen LogP contribution in [0.5, 0.6) is 0 Å². The lowest BCUT2D eigenvalue weighted by Gasteiger charge is -2.39. The predicted molar refractivity (Wildman–Crippen MR) is 76.6 cm³/mol. The molecular weight excluding hydrogens is 272 g/mol. The minimum absolute atomic E-state index is 0.0820. The molecule has 116 valence electrons. The third kappa shape index (κ3) is 3.17. The van der Waals surface area contributed by atoms with E-state index in [9.17, 15) is 14.7 Å². The molecule has 2 amide bonds. The van der Waals surface area contributed by atoms with Gasteiger partial charge >= 0.3 is 12.0 Å². The van der Waals surface area contributed by atoms with Crippen molar-refractivity contribution in [2.45, 2.75) is 32.7 Å². The highest BCUT2D eigenvalue weighted by molar-refractivity contribution is 5.77. The summed E-state index contributed by atoms with van der Waals surface area (Å²) in [6.07, 6.45) is 5.00. The van der Waals surface area contributed by atoms with Gasteiger partial charge in [0.25, 0.3) is 0 Å². The Morgan fingerprint density at radius 1 is 1.48 bits per heavy atom. The van der Waals surface area contributed by atoms with Gasteiger partial charge < -0.3 is 19.9 Å². The molecular formula is C14H22N4O3. The molecule has 0 saturated carbocycles. The second-order valence-electron chi connectivity index (χ2n) is 5.60. The van der Waals surface area contributed by atoms with Crippen molar-refractivity contribution in [3.05, 3.63) is 18.2 Å². The van der Waals surface area contributed by atoms with Gasteiger partial charge in [0, 0.05) is 32.5 Å². The van der Waals surface area contributed by atoms with Crippen molar-refractivity contribution in [1.29, 1.82) is 0 Å². The molecule has 1 aliphatic heterocycles. The van der Waals surface area contributed by atoms with E-state index in [-0.39, 0.29) is 6.03 Å². The molecule has 2 N–H and O–H groups in total. The molecule has 2 rings (SSSR count). The number of carboxylic acids is 1. The molecule has 7 heteroatoms. The lowest BCUT2D eigenvalue weighted by atomic mass is 9.76. The summed E-state index contributed by atoms with van der Waals surface area (Å²) in [7, 11) is 1.73. The Bertz CT molecular complexity index is 492. The second-order valence-corrected chi connectivity index (χ2v) is 5.60. The summed E-state index contributed by atoms with van der Waals surface area (Å²) in [5.74, 6) is -0.0164. The molecule has 0 atom stereocenters. The van der Waals surface area contributed by atoms with E-state index in [1.54, 1.807) is 29.2 Å². The van der Waals surface area contributed by atoms with E-state index in [1.165, 1.54) is 0 Å². The first kappa shape index (κ1) is 15.3. The van der Waals surface area contributed by atoms with Gasteiger partial charge in [-0.05, 0) is 19.3 Å². The fourth-order valence-electron chi connectivity index (χ4n) is 2.76.